The Kier molecular flexibility index (Phi) is 5.03. The number of aromatic nitrogens is 1. The third kappa shape index (κ3) is 3.66. The molecule has 3 rings (SSSR count). The molecule has 0 saturated carbocycles. The number of phenols is 1. The maximum Gasteiger partial charge on any atom is 0.176 e. The number of ether oxygens (including phenoxy) is 1. The van der Waals surface area contributed by atoms with E-state index in [9.17, 15) is 10.4 Å². The van der Waals surface area contributed by atoms with Gasteiger partial charge in [-0.3, -0.25) is 0 Å². The van der Waals surface area contributed by atoms with Crippen LogP contribution in [0.4, 0.5) is 0 Å². The molecule has 3 aromatic rings. The fourth-order valence-electron chi connectivity index (χ4n) is 2.28. The molecule has 0 spiro atoms. The van der Waals surface area contributed by atoms with E-state index >= 15 is 0 Å². The lowest BCUT2D eigenvalue weighted by Crippen LogP contribution is -1.87. The maximum atomic E-state index is 9.81. The van der Waals surface area contributed by atoms with Crippen molar-refractivity contribution in [2.45, 2.75) is 0 Å². The maximum absolute atomic E-state index is 9.81. The molecule has 0 aliphatic heterocycles. The molecule has 4 nitrogen and oxygen atoms in total. The second-order valence-electron chi connectivity index (χ2n) is 5.13. The lowest BCUT2D eigenvalue weighted by atomic mass is 10.1. The molecule has 0 bridgehead atoms. The lowest BCUT2D eigenvalue weighted by Gasteiger charge is -2.06. The van der Waals surface area contributed by atoms with Crippen LogP contribution in [-0.2, 0) is 0 Å². The summed E-state index contributed by atoms with van der Waals surface area (Å²) in [4.78, 5) is 4.54. The van der Waals surface area contributed by atoms with E-state index in [1.54, 1.807) is 18.2 Å². The van der Waals surface area contributed by atoms with Crippen molar-refractivity contribution in [1.82, 2.24) is 4.98 Å². The molecule has 1 heterocycles. The van der Waals surface area contributed by atoms with Crippen LogP contribution in [0, 0.1) is 11.3 Å². The molecule has 0 saturated heterocycles. The SMILES string of the molecule is COc1cc(C=C(C#N)c2nc(-c3ccccc3)cs2)cc(Cl)c1O. The first kappa shape index (κ1) is 17.0. The van der Waals surface area contributed by atoms with Crippen LogP contribution >= 0.6 is 22.9 Å². The Balaban J connectivity index is 1.99. The molecular weight excluding hydrogens is 356 g/mol. The number of allylic oxidation sites excluding steroid dienone is 1. The van der Waals surface area contributed by atoms with Gasteiger partial charge in [-0.05, 0) is 23.8 Å². The number of benzene rings is 2. The number of aromatic hydroxyl groups is 1. The Morgan fingerprint density at radius 3 is 2.76 bits per heavy atom. The summed E-state index contributed by atoms with van der Waals surface area (Å²) in [5.74, 6) is 0.126. The van der Waals surface area contributed by atoms with Gasteiger partial charge in [-0.15, -0.1) is 11.3 Å². The summed E-state index contributed by atoms with van der Waals surface area (Å²) < 4.78 is 5.09. The zero-order valence-electron chi connectivity index (χ0n) is 13.2. The molecule has 0 radical (unpaired) electrons. The zero-order valence-corrected chi connectivity index (χ0v) is 14.8. The van der Waals surface area contributed by atoms with Crippen LogP contribution in [0.25, 0.3) is 22.9 Å². The molecule has 0 amide bonds. The summed E-state index contributed by atoms with van der Waals surface area (Å²) in [6.45, 7) is 0. The third-order valence-electron chi connectivity index (χ3n) is 3.51. The fourth-order valence-corrected chi connectivity index (χ4v) is 3.29. The molecule has 1 aromatic heterocycles. The molecule has 6 heteroatoms. The van der Waals surface area contributed by atoms with E-state index in [0.717, 1.165) is 11.3 Å². The number of methoxy groups -OCH3 is 1. The number of thiazole rings is 1. The quantitative estimate of drug-likeness (QED) is 0.639. The summed E-state index contributed by atoms with van der Waals surface area (Å²) in [6.07, 6.45) is 1.67. The fraction of sp³-hybridized carbons (Fsp3) is 0.0526. The number of rotatable bonds is 4. The molecule has 0 unspecified atom stereocenters. The van der Waals surface area contributed by atoms with Crippen molar-refractivity contribution in [3.8, 4) is 28.8 Å². The summed E-state index contributed by atoms with van der Waals surface area (Å²) in [5, 5.41) is 22.0. The van der Waals surface area contributed by atoms with Crippen LogP contribution in [0.2, 0.25) is 5.02 Å². The predicted molar refractivity (Wildman–Crippen MR) is 101 cm³/mol. The van der Waals surface area contributed by atoms with Gasteiger partial charge in [0.05, 0.1) is 23.4 Å². The van der Waals surface area contributed by atoms with Crippen LogP contribution < -0.4 is 4.74 Å². The highest BCUT2D eigenvalue weighted by atomic mass is 35.5. The normalized spacial score (nSPS) is 11.2. The minimum absolute atomic E-state index is 0.125. The van der Waals surface area contributed by atoms with E-state index < -0.39 is 0 Å². The van der Waals surface area contributed by atoms with Gasteiger partial charge in [-0.2, -0.15) is 5.26 Å². The van der Waals surface area contributed by atoms with Crippen molar-refractivity contribution < 1.29 is 9.84 Å². The van der Waals surface area contributed by atoms with Crippen LogP contribution in [0.5, 0.6) is 11.5 Å². The van der Waals surface area contributed by atoms with Gasteiger partial charge >= 0.3 is 0 Å². The van der Waals surface area contributed by atoms with Crippen LogP contribution in [-0.4, -0.2) is 17.2 Å². The standard InChI is InChI=1S/C19H13ClN2O2S/c1-24-17-9-12(8-15(20)18(17)23)7-14(10-21)19-22-16(11-25-19)13-5-3-2-4-6-13/h2-9,11,23H,1H3. The first-order chi connectivity index (χ1) is 12.1. The Hall–Kier alpha value is -2.81. The van der Waals surface area contributed by atoms with E-state index in [-0.39, 0.29) is 16.5 Å². The Morgan fingerprint density at radius 2 is 2.08 bits per heavy atom. The second kappa shape index (κ2) is 7.39. The van der Waals surface area contributed by atoms with Gasteiger partial charge in [-0.25, -0.2) is 4.98 Å². The molecule has 0 fully saturated rings. The summed E-state index contributed by atoms with van der Waals surface area (Å²) >= 11 is 7.40. The van der Waals surface area contributed by atoms with Crippen LogP contribution in [0.15, 0.2) is 47.8 Å². The van der Waals surface area contributed by atoms with E-state index in [1.165, 1.54) is 18.4 Å². The molecule has 0 aliphatic rings. The van der Waals surface area contributed by atoms with Crippen molar-refractivity contribution in [2.24, 2.45) is 0 Å². The number of nitriles is 1. The summed E-state index contributed by atoms with van der Waals surface area (Å²) in [6, 6.07) is 15.1. The van der Waals surface area contributed by atoms with Crippen molar-refractivity contribution in [2.75, 3.05) is 7.11 Å². The molecule has 25 heavy (non-hydrogen) atoms. The van der Waals surface area contributed by atoms with E-state index in [1.807, 2.05) is 35.7 Å². The molecule has 124 valence electrons. The summed E-state index contributed by atoms with van der Waals surface area (Å²) in [7, 11) is 1.44. The Bertz CT molecular complexity index is 975. The highest BCUT2D eigenvalue weighted by Gasteiger charge is 2.12. The highest BCUT2D eigenvalue weighted by Crippen LogP contribution is 2.36. The van der Waals surface area contributed by atoms with Crippen molar-refractivity contribution in [3.63, 3.8) is 0 Å². The van der Waals surface area contributed by atoms with Gasteiger partial charge in [0.15, 0.2) is 11.5 Å². The van der Waals surface area contributed by atoms with Crippen molar-refractivity contribution in [3.05, 3.63) is 63.4 Å². The average Bonchev–Trinajstić information content (AvgIpc) is 3.13. The van der Waals surface area contributed by atoms with Gasteiger partial charge in [0.1, 0.15) is 11.1 Å². The molecular formula is C19H13ClN2O2S. The molecule has 2 aromatic carbocycles. The second-order valence-corrected chi connectivity index (χ2v) is 6.39. The minimum Gasteiger partial charge on any atom is -0.503 e. The van der Waals surface area contributed by atoms with Gasteiger partial charge in [0, 0.05) is 10.9 Å². The topological polar surface area (TPSA) is 66.1 Å². The Morgan fingerprint density at radius 1 is 1.32 bits per heavy atom. The minimum atomic E-state index is -0.125. The summed E-state index contributed by atoms with van der Waals surface area (Å²) in [5.41, 5.74) is 2.88. The third-order valence-corrected chi connectivity index (χ3v) is 4.67. The van der Waals surface area contributed by atoms with Gasteiger partial charge in [-0.1, -0.05) is 41.9 Å². The van der Waals surface area contributed by atoms with E-state index in [2.05, 4.69) is 11.1 Å². The monoisotopic (exact) mass is 368 g/mol. The van der Waals surface area contributed by atoms with Crippen LogP contribution in [0.1, 0.15) is 10.6 Å². The first-order valence-electron chi connectivity index (χ1n) is 7.32. The average molecular weight is 369 g/mol. The largest absolute Gasteiger partial charge is 0.503 e. The molecule has 1 N–H and O–H groups in total. The van der Waals surface area contributed by atoms with Crippen molar-refractivity contribution in [1.29, 1.82) is 5.26 Å². The zero-order chi connectivity index (χ0) is 17.8. The first-order valence-corrected chi connectivity index (χ1v) is 8.57. The number of hydrogen-bond donors (Lipinski definition) is 1. The highest BCUT2D eigenvalue weighted by molar-refractivity contribution is 7.11. The van der Waals surface area contributed by atoms with Crippen molar-refractivity contribution >= 4 is 34.6 Å². The number of halogens is 1. The van der Waals surface area contributed by atoms with Gasteiger partial charge in [0.2, 0.25) is 0 Å². The van der Waals surface area contributed by atoms with Gasteiger partial charge in [0.25, 0.3) is 0 Å². The Labute approximate surface area is 154 Å². The number of hydrogen-bond acceptors (Lipinski definition) is 5. The van der Waals surface area contributed by atoms with Gasteiger partial charge < -0.3 is 9.84 Å². The number of nitrogens with zero attached hydrogens (tertiary/aromatic N) is 2. The van der Waals surface area contributed by atoms with Crippen LogP contribution in [0.3, 0.4) is 0 Å². The lowest BCUT2D eigenvalue weighted by molar-refractivity contribution is 0.373. The van der Waals surface area contributed by atoms with E-state index in [0.29, 0.717) is 16.1 Å². The molecule has 0 atom stereocenters. The van der Waals surface area contributed by atoms with E-state index in [4.69, 9.17) is 16.3 Å². The molecule has 0 aliphatic carbocycles. The number of phenolic OH excluding ortho intramolecular Hbond substituents is 1. The predicted octanol–water partition coefficient (Wildman–Crippen LogP) is 5.24. The smallest absolute Gasteiger partial charge is 0.176 e.